The Labute approximate surface area is 147 Å². The van der Waals surface area contributed by atoms with Crippen LogP contribution in [0, 0.1) is 0 Å². The van der Waals surface area contributed by atoms with Gasteiger partial charge in [-0.15, -0.1) is 0 Å². The number of allylic oxidation sites excluding steroid dienone is 1. The van der Waals surface area contributed by atoms with Crippen molar-refractivity contribution in [3.8, 4) is 23.0 Å². The van der Waals surface area contributed by atoms with Gasteiger partial charge in [-0.2, -0.15) is 0 Å². The number of aryl methyl sites for hydroxylation is 1. The van der Waals surface area contributed by atoms with E-state index < -0.39 is 10.7 Å². The molecular weight excluding hydrogens is 338 g/mol. The minimum absolute atomic E-state index is 0.274. The lowest BCUT2D eigenvalue weighted by Crippen LogP contribution is -2.12. The van der Waals surface area contributed by atoms with Crippen LogP contribution >= 0.6 is 10.7 Å². The average molecular weight is 353 g/mol. The van der Waals surface area contributed by atoms with Crippen molar-refractivity contribution in [2.75, 3.05) is 13.6 Å². The van der Waals surface area contributed by atoms with Crippen molar-refractivity contribution in [2.24, 2.45) is 5.14 Å². The first-order valence-electron chi connectivity index (χ1n) is 8.21. The Kier molecular flexibility index (Phi) is 2.65. The second kappa shape index (κ2) is 4.80. The van der Waals surface area contributed by atoms with E-state index in [-0.39, 0.29) is 13.6 Å². The molecule has 0 saturated heterocycles. The molecule has 0 saturated carbocycles. The molecule has 0 radical (unpaired) electrons. The van der Waals surface area contributed by atoms with E-state index in [1.54, 1.807) is 0 Å². The minimum atomic E-state index is -0.496. The number of hydrogen-bond acceptors (Lipinski definition) is 5. The Bertz CT molecular complexity index is 1020. The van der Waals surface area contributed by atoms with Gasteiger partial charge in [-0.1, -0.05) is 16.7 Å². The summed E-state index contributed by atoms with van der Waals surface area (Å²) in [5.74, 6) is 3.27. The highest BCUT2D eigenvalue weighted by Crippen LogP contribution is 2.52. The van der Waals surface area contributed by atoms with Gasteiger partial charge in [0.1, 0.15) is 0 Å². The van der Waals surface area contributed by atoms with Crippen LogP contribution in [0.3, 0.4) is 0 Å². The third kappa shape index (κ3) is 1.81. The van der Waals surface area contributed by atoms with Crippen molar-refractivity contribution in [1.29, 1.82) is 0 Å². The van der Waals surface area contributed by atoms with Gasteiger partial charge in [0, 0.05) is 10.5 Å². The summed E-state index contributed by atoms with van der Waals surface area (Å²) in [5.41, 5.74) is 6.06. The molecule has 4 aliphatic rings. The normalized spacial score (nSPS) is 21.4. The molecule has 1 aliphatic carbocycles. The summed E-state index contributed by atoms with van der Waals surface area (Å²) in [5, 5.41) is 8.72. The van der Waals surface area contributed by atoms with Crippen LogP contribution in [0.25, 0.3) is 10.5 Å². The zero-order chi connectivity index (χ0) is 16.5. The lowest BCUT2D eigenvalue weighted by Gasteiger charge is -2.29. The number of rotatable bonds is 0. The molecule has 0 bridgehead atoms. The molecule has 2 aromatic carbocycles. The molecule has 25 heavy (non-hydrogen) atoms. The predicted molar refractivity (Wildman–Crippen MR) is 97.2 cm³/mol. The van der Waals surface area contributed by atoms with Crippen LogP contribution in [0.4, 0.5) is 0 Å². The molecule has 3 heterocycles. The smallest absolute Gasteiger partial charge is 0.231 e. The van der Waals surface area contributed by atoms with Gasteiger partial charge in [0.2, 0.25) is 13.6 Å². The van der Waals surface area contributed by atoms with E-state index in [2.05, 4.69) is 23.6 Å². The molecule has 1 atom stereocenters. The highest BCUT2D eigenvalue weighted by molar-refractivity contribution is 8.21. The standard InChI is InChI=1S/C19H15NO4S/c20-25-7-14-11(3-4-15-18(14)24-9-21-15)12-2-1-10-5-16-17(23-8-22-16)6-13(10)19(12)25/h3-7H,1-2,8-9,20H2. The Balaban J connectivity index is 1.61. The van der Waals surface area contributed by atoms with E-state index in [1.165, 1.54) is 27.2 Å². The first-order chi connectivity index (χ1) is 12.3. The van der Waals surface area contributed by atoms with E-state index in [4.69, 9.17) is 24.1 Å². The van der Waals surface area contributed by atoms with E-state index in [0.29, 0.717) is 0 Å². The summed E-state index contributed by atoms with van der Waals surface area (Å²) in [7, 11) is -0.496. The van der Waals surface area contributed by atoms with Gasteiger partial charge in [-0.25, -0.2) is 0 Å². The zero-order valence-corrected chi connectivity index (χ0v) is 14.2. The Morgan fingerprint density at radius 2 is 1.64 bits per heavy atom. The molecule has 0 aromatic heterocycles. The lowest BCUT2D eigenvalue weighted by molar-refractivity contribution is 0.173. The van der Waals surface area contributed by atoms with Gasteiger partial charge < -0.3 is 18.9 Å². The molecule has 1 unspecified atom stereocenters. The summed E-state index contributed by atoms with van der Waals surface area (Å²) in [4.78, 5) is 1.21. The van der Waals surface area contributed by atoms with Crippen molar-refractivity contribution < 1.29 is 18.9 Å². The molecule has 3 aliphatic heterocycles. The van der Waals surface area contributed by atoms with E-state index >= 15 is 0 Å². The predicted octanol–water partition coefficient (Wildman–Crippen LogP) is 3.27. The minimum Gasteiger partial charge on any atom is -0.454 e. The molecule has 126 valence electrons. The maximum absolute atomic E-state index is 6.60. The fourth-order valence-corrected chi connectivity index (χ4v) is 5.57. The summed E-state index contributed by atoms with van der Waals surface area (Å²) < 4.78 is 22.3. The van der Waals surface area contributed by atoms with E-state index in [0.717, 1.165) is 41.4 Å². The Morgan fingerprint density at radius 1 is 0.840 bits per heavy atom. The van der Waals surface area contributed by atoms with Crippen molar-refractivity contribution in [2.45, 2.75) is 12.8 Å². The van der Waals surface area contributed by atoms with Crippen molar-refractivity contribution in [3.63, 3.8) is 0 Å². The summed E-state index contributed by atoms with van der Waals surface area (Å²) in [6, 6.07) is 8.32. The monoisotopic (exact) mass is 353 g/mol. The van der Waals surface area contributed by atoms with Crippen molar-refractivity contribution in [1.82, 2.24) is 0 Å². The third-order valence-corrected chi connectivity index (χ3v) is 6.57. The van der Waals surface area contributed by atoms with Crippen LogP contribution in [0.15, 0.2) is 24.3 Å². The van der Waals surface area contributed by atoms with Crippen LogP contribution < -0.4 is 24.1 Å². The van der Waals surface area contributed by atoms with Gasteiger partial charge >= 0.3 is 0 Å². The summed E-state index contributed by atoms with van der Waals surface area (Å²) in [6.07, 6.45) is 1.93. The number of nitrogens with two attached hydrogens (primary N) is 1. The molecule has 0 spiro atoms. The fourth-order valence-electron chi connectivity index (χ4n) is 4.02. The second-order valence-electron chi connectivity index (χ2n) is 6.42. The quantitative estimate of drug-likeness (QED) is 0.737. The summed E-state index contributed by atoms with van der Waals surface area (Å²) >= 11 is 0. The molecule has 5 nitrogen and oxygen atoms in total. The van der Waals surface area contributed by atoms with E-state index in [9.17, 15) is 0 Å². The maximum Gasteiger partial charge on any atom is 0.231 e. The SMILES string of the molecule is NS1=Cc2c(ccc3c2OCO3)C2=C1c1cc3c(cc1CC2)OCO3. The van der Waals surface area contributed by atoms with Gasteiger partial charge in [0.05, 0.1) is 0 Å². The number of fused-ring (bicyclic) bond motifs is 7. The molecular formula is C19H15NO4S. The largest absolute Gasteiger partial charge is 0.454 e. The first kappa shape index (κ1) is 13.8. The number of benzene rings is 2. The van der Waals surface area contributed by atoms with Crippen LogP contribution in [0.1, 0.15) is 28.7 Å². The van der Waals surface area contributed by atoms with Crippen LogP contribution in [-0.2, 0) is 6.42 Å². The second-order valence-corrected chi connectivity index (χ2v) is 7.81. The Hall–Kier alpha value is -2.44. The zero-order valence-electron chi connectivity index (χ0n) is 13.3. The van der Waals surface area contributed by atoms with Crippen LogP contribution in [0.5, 0.6) is 23.0 Å². The van der Waals surface area contributed by atoms with Crippen molar-refractivity contribution >= 4 is 26.5 Å². The fraction of sp³-hybridized carbons (Fsp3) is 0.211. The number of ether oxygens (including phenoxy) is 4. The molecule has 2 N–H and O–H groups in total. The molecule has 0 amide bonds. The van der Waals surface area contributed by atoms with E-state index in [1.807, 2.05) is 6.07 Å². The van der Waals surface area contributed by atoms with Crippen LogP contribution in [0.2, 0.25) is 0 Å². The third-order valence-electron chi connectivity index (χ3n) is 5.14. The highest BCUT2D eigenvalue weighted by Gasteiger charge is 2.31. The van der Waals surface area contributed by atoms with Gasteiger partial charge in [-0.05, 0) is 58.7 Å². The van der Waals surface area contributed by atoms with Gasteiger partial charge in [-0.3, -0.25) is 5.14 Å². The average Bonchev–Trinajstić information content (AvgIpc) is 3.28. The van der Waals surface area contributed by atoms with Gasteiger partial charge in [0.15, 0.2) is 23.0 Å². The lowest BCUT2D eigenvalue weighted by atomic mass is 9.86. The highest BCUT2D eigenvalue weighted by atomic mass is 32.2. The maximum atomic E-state index is 6.60. The van der Waals surface area contributed by atoms with Crippen LogP contribution in [-0.4, -0.2) is 19.0 Å². The molecule has 0 fully saturated rings. The first-order valence-corrected chi connectivity index (χ1v) is 9.56. The molecule has 2 aromatic rings. The Morgan fingerprint density at radius 3 is 2.56 bits per heavy atom. The van der Waals surface area contributed by atoms with Gasteiger partial charge in [0.25, 0.3) is 0 Å². The topological polar surface area (TPSA) is 62.9 Å². The number of hydrogen-bond donors (Lipinski definition) is 1. The molecule has 6 heteroatoms. The molecule has 6 rings (SSSR count). The van der Waals surface area contributed by atoms with Crippen molar-refractivity contribution in [3.05, 3.63) is 46.5 Å². The summed E-state index contributed by atoms with van der Waals surface area (Å²) in [6.45, 7) is 0.563.